The molecule has 0 aromatic carbocycles. The van der Waals surface area contributed by atoms with Gasteiger partial charge in [0.1, 0.15) is 0 Å². The van der Waals surface area contributed by atoms with Crippen LogP contribution in [0.2, 0.25) is 0 Å². The van der Waals surface area contributed by atoms with Gasteiger partial charge >= 0.3 is 0 Å². The Morgan fingerprint density at radius 3 is 3.22 bits per heavy atom. The van der Waals surface area contributed by atoms with E-state index in [-0.39, 0.29) is 0 Å². The van der Waals surface area contributed by atoms with Crippen LogP contribution >= 0.6 is 0 Å². The predicted molar refractivity (Wildman–Crippen MR) is 35.8 cm³/mol. The van der Waals surface area contributed by atoms with E-state index in [1.54, 1.807) is 0 Å². The average molecular weight is 130 g/mol. The number of hydrogen-bond acceptors (Lipinski definition) is 3. The Balaban J connectivity index is 1.98. The molecule has 1 rings (SSSR count). The van der Waals surface area contributed by atoms with Crippen molar-refractivity contribution in [3.8, 4) is 0 Å². The van der Waals surface area contributed by atoms with Crippen LogP contribution in [0.4, 0.5) is 0 Å². The lowest BCUT2D eigenvalue weighted by atomic mass is 10.3. The molecule has 0 amide bonds. The van der Waals surface area contributed by atoms with Crippen LogP contribution in [0, 0.1) is 0 Å². The van der Waals surface area contributed by atoms with Gasteiger partial charge < -0.3 is 10.2 Å². The Hall–Kier alpha value is -0.120. The third-order valence-electron chi connectivity index (χ3n) is 1.43. The lowest BCUT2D eigenvalue weighted by Gasteiger charge is -2.10. The molecule has 2 N–H and O–H groups in total. The van der Waals surface area contributed by atoms with Gasteiger partial charge in [0, 0.05) is 0 Å². The molecule has 54 valence electrons. The monoisotopic (exact) mass is 130 g/mol. The fourth-order valence-corrected chi connectivity index (χ4v) is 0.969. The molecule has 0 radical (unpaired) electrons. The smallest absolute Gasteiger partial charge is 0.0812 e. The first-order valence-electron chi connectivity index (χ1n) is 3.54. The Labute approximate surface area is 55.7 Å². The number of hydrogen-bond donors (Lipinski definition) is 2. The minimum Gasteiger partial charge on any atom is -0.301 e. The SMILES string of the molecule is CCONC1CCCN1. The lowest BCUT2D eigenvalue weighted by Crippen LogP contribution is -2.37. The third-order valence-corrected chi connectivity index (χ3v) is 1.43. The van der Waals surface area contributed by atoms with Crippen LogP contribution in [0.3, 0.4) is 0 Å². The summed E-state index contributed by atoms with van der Waals surface area (Å²) >= 11 is 0. The molecule has 1 saturated heterocycles. The molecule has 1 heterocycles. The van der Waals surface area contributed by atoms with E-state index in [0.717, 1.165) is 13.2 Å². The molecule has 1 unspecified atom stereocenters. The van der Waals surface area contributed by atoms with Crippen LogP contribution < -0.4 is 10.8 Å². The third kappa shape index (κ3) is 2.30. The molecule has 1 aliphatic rings. The second-order valence-corrected chi connectivity index (χ2v) is 2.20. The van der Waals surface area contributed by atoms with Gasteiger partial charge in [0.15, 0.2) is 0 Å². The van der Waals surface area contributed by atoms with Crippen molar-refractivity contribution >= 4 is 0 Å². The minimum absolute atomic E-state index is 0.393. The Morgan fingerprint density at radius 2 is 2.67 bits per heavy atom. The highest BCUT2D eigenvalue weighted by molar-refractivity contribution is 4.67. The predicted octanol–water partition coefficient (Wildman–Crippen LogP) is 0.237. The van der Waals surface area contributed by atoms with E-state index >= 15 is 0 Å². The molecule has 1 aliphatic heterocycles. The maximum atomic E-state index is 5.00. The molecule has 0 saturated carbocycles. The van der Waals surface area contributed by atoms with Gasteiger partial charge in [-0.05, 0) is 26.3 Å². The quantitative estimate of drug-likeness (QED) is 0.537. The van der Waals surface area contributed by atoms with Crippen molar-refractivity contribution in [2.24, 2.45) is 0 Å². The topological polar surface area (TPSA) is 33.3 Å². The van der Waals surface area contributed by atoms with E-state index < -0.39 is 0 Å². The van der Waals surface area contributed by atoms with Crippen molar-refractivity contribution in [3.63, 3.8) is 0 Å². The second-order valence-electron chi connectivity index (χ2n) is 2.20. The molecule has 0 aliphatic carbocycles. The maximum Gasteiger partial charge on any atom is 0.0812 e. The first kappa shape index (κ1) is 6.99. The Morgan fingerprint density at radius 1 is 1.78 bits per heavy atom. The van der Waals surface area contributed by atoms with Gasteiger partial charge in [0.05, 0.1) is 12.8 Å². The van der Waals surface area contributed by atoms with Gasteiger partial charge in [0.2, 0.25) is 0 Å². The van der Waals surface area contributed by atoms with Crippen LogP contribution in [-0.2, 0) is 4.84 Å². The van der Waals surface area contributed by atoms with E-state index in [9.17, 15) is 0 Å². The van der Waals surface area contributed by atoms with Crippen molar-refractivity contribution in [3.05, 3.63) is 0 Å². The van der Waals surface area contributed by atoms with Crippen molar-refractivity contribution in [1.82, 2.24) is 10.8 Å². The van der Waals surface area contributed by atoms with Gasteiger partial charge in [-0.2, -0.15) is 5.48 Å². The van der Waals surface area contributed by atoms with E-state index in [1.165, 1.54) is 12.8 Å². The molecule has 0 spiro atoms. The van der Waals surface area contributed by atoms with E-state index in [1.807, 2.05) is 6.92 Å². The van der Waals surface area contributed by atoms with Crippen molar-refractivity contribution < 1.29 is 4.84 Å². The summed E-state index contributed by atoms with van der Waals surface area (Å²) in [5.74, 6) is 0. The van der Waals surface area contributed by atoms with Gasteiger partial charge in [0.25, 0.3) is 0 Å². The van der Waals surface area contributed by atoms with E-state index in [2.05, 4.69) is 10.8 Å². The molecule has 1 atom stereocenters. The molecule has 3 heteroatoms. The van der Waals surface area contributed by atoms with Gasteiger partial charge in [-0.25, -0.2) is 0 Å². The molecule has 3 nitrogen and oxygen atoms in total. The number of hydroxylamine groups is 1. The van der Waals surface area contributed by atoms with Crippen molar-refractivity contribution in [2.75, 3.05) is 13.2 Å². The fourth-order valence-electron chi connectivity index (χ4n) is 0.969. The van der Waals surface area contributed by atoms with Crippen molar-refractivity contribution in [2.45, 2.75) is 25.9 Å². The summed E-state index contributed by atoms with van der Waals surface area (Å²) in [7, 11) is 0. The van der Waals surface area contributed by atoms with Crippen LogP contribution in [0.25, 0.3) is 0 Å². The van der Waals surface area contributed by atoms with Crippen molar-refractivity contribution in [1.29, 1.82) is 0 Å². The summed E-state index contributed by atoms with van der Waals surface area (Å²) in [5, 5.41) is 3.26. The summed E-state index contributed by atoms with van der Waals surface area (Å²) in [6, 6.07) is 0. The standard InChI is InChI=1S/C6H14N2O/c1-2-9-8-6-4-3-5-7-6/h6-8H,2-5H2,1H3. The highest BCUT2D eigenvalue weighted by atomic mass is 16.6. The van der Waals surface area contributed by atoms with E-state index in [0.29, 0.717) is 6.17 Å². The minimum atomic E-state index is 0.393. The molecule has 0 bridgehead atoms. The second kappa shape index (κ2) is 3.82. The summed E-state index contributed by atoms with van der Waals surface area (Å²) in [5.41, 5.74) is 2.92. The zero-order chi connectivity index (χ0) is 6.53. The normalized spacial score (nSPS) is 27.0. The molecule has 1 fully saturated rings. The highest BCUT2D eigenvalue weighted by Gasteiger charge is 2.11. The number of rotatable bonds is 3. The highest BCUT2D eigenvalue weighted by Crippen LogP contribution is 2.00. The molecular weight excluding hydrogens is 116 g/mol. The summed E-state index contributed by atoms with van der Waals surface area (Å²) in [4.78, 5) is 5.00. The van der Waals surface area contributed by atoms with Crippen LogP contribution in [0.1, 0.15) is 19.8 Å². The largest absolute Gasteiger partial charge is 0.301 e. The Kier molecular flexibility index (Phi) is 2.97. The number of nitrogens with one attached hydrogen (secondary N) is 2. The van der Waals surface area contributed by atoms with Crippen LogP contribution in [-0.4, -0.2) is 19.3 Å². The summed E-state index contributed by atoms with van der Waals surface area (Å²) < 4.78 is 0. The van der Waals surface area contributed by atoms with E-state index in [4.69, 9.17) is 4.84 Å². The lowest BCUT2D eigenvalue weighted by molar-refractivity contribution is 0.0208. The van der Waals surface area contributed by atoms with Crippen LogP contribution in [0.5, 0.6) is 0 Å². The summed E-state index contributed by atoms with van der Waals surface area (Å²) in [6.45, 7) is 3.82. The zero-order valence-corrected chi connectivity index (χ0v) is 5.81. The first-order valence-corrected chi connectivity index (χ1v) is 3.54. The first-order chi connectivity index (χ1) is 4.43. The maximum absolute atomic E-state index is 5.00. The summed E-state index contributed by atoms with van der Waals surface area (Å²) in [6.07, 6.45) is 2.83. The zero-order valence-electron chi connectivity index (χ0n) is 5.81. The average Bonchev–Trinajstić information content (AvgIpc) is 2.34. The fraction of sp³-hybridized carbons (Fsp3) is 1.00. The molecule has 0 aromatic rings. The Bertz CT molecular complexity index is 71.5. The molecule has 0 aromatic heterocycles. The van der Waals surface area contributed by atoms with Gasteiger partial charge in [-0.3, -0.25) is 0 Å². The van der Waals surface area contributed by atoms with Crippen LogP contribution in [0.15, 0.2) is 0 Å². The van der Waals surface area contributed by atoms with Gasteiger partial charge in [-0.1, -0.05) is 0 Å². The molecule has 9 heavy (non-hydrogen) atoms. The van der Waals surface area contributed by atoms with Gasteiger partial charge in [-0.15, -0.1) is 0 Å². The molecular formula is C6H14N2O.